The third-order valence-corrected chi connectivity index (χ3v) is 6.93. The molecular formula is C26H24N2O2S2. The molecule has 0 fully saturated rings. The van der Waals surface area contributed by atoms with Gasteiger partial charge in [-0.1, -0.05) is 66.8 Å². The Bertz CT molecular complexity index is 1320. The summed E-state index contributed by atoms with van der Waals surface area (Å²) in [5.74, 6) is 0.579. The minimum atomic E-state index is -0.302. The number of aromatic nitrogens is 1. The SMILES string of the molecule is CCc1ccc2c(c1)sc(=NC(=O)c1ccc(C(=O)c3ccccc3)cc1)n2CCSC. The Morgan fingerprint density at radius 1 is 0.938 bits per heavy atom. The molecule has 0 bridgehead atoms. The molecule has 1 amide bonds. The van der Waals surface area contributed by atoms with Gasteiger partial charge in [-0.05, 0) is 42.5 Å². The van der Waals surface area contributed by atoms with Crippen LogP contribution in [0.15, 0.2) is 77.8 Å². The van der Waals surface area contributed by atoms with Crippen LogP contribution in [0.25, 0.3) is 10.2 Å². The van der Waals surface area contributed by atoms with E-state index in [4.69, 9.17) is 0 Å². The lowest BCUT2D eigenvalue weighted by atomic mass is 10.0. The smallest absolute Gasteiger partial charge is 0.279 e. The molecule has 0 saturated heterocycles. The van der Waals surface area contributed by atoms with E-state index in [1.165, 1.54) is 5.56 Å². The molecule has 3 aromatic carbocycles. The summed E-state index contributed by atoms with van der Waals surface area (Å²) in [6.07, 6.45) is 3.04. The van der Waals surface area contributed by atoms with Crippen molar-refractivity contribution in [3.63, 3.8) is 0 Å². The zero-order valence-corrected chi connectivity index (χ0v) is 19.7. The van der Waals surface area contributed by atoms with Gasteiger partial charge in [-0.2, -0.15) is 16.8 Å². The molecule has 0 aliphatic heterocycles. The van der Waals surface area contributed by atoms with E-state index in [9.17, 15) is 9.59 Å². The number of thiazole rings is 1. The molecule has 0 saturated carbocycles. The second-order valence-electron chi connectivity index (χ2n) is 7.37. The van der Waals surface area contributed by atoms with Gasteiger partial charge < -0.3 is 4.57 Å². The molecule has 6 heteroatoms. The Kier molecular flexibility index (Phi) is 7.02. The lowest BCUT2D eigenvalue weighted by Crippen LogP contribution is -2.18. The van der Waals surface area contributed by atoms with Crippen molar-refractivity contribution in [2.75, 3.05) is 12.0 Å². The molecule has 0 aliphatic carbocycles. The number of ketones is 1. The van der Waals surface area contributed by atoms with E-state index < -0.39 is 0 Å². The van der Waals surface area contributed by atoms with Crippen molar-refractivity contribution in [1.82, 2.24) is 4.57 Å². The summed E-state index contributed by atoms with van der Waals surface area (Å²) in [6.45, 7) is 2.93. The van der Waals surface area contributed by atoms with Crippen LogP contribution in [0, 0.1) is 0 Å². The first-order chi connectivity index (χ1) is 15.6. The van der Waals surface area contributed by atoms with E-state index in [1.807, 2.05) is 18.2 Å². The summed E-state index contributed by atoms with van der Waals surface area (Å²) < 4.78 is 3.27. The Morgan fingerprint density at radius 2 is 1.62 bits per heavy atom. The molecular weight excluding hydrogens is 436 g/mol. The summed E-state index contributed by atoms with van der Waals surface area (Å²) >= 11 is 3.31. The van der Waals surface area contributed by atoms with Gasteiger partial charge in [-0.25, -0.2) is 0 Å². The maximum atomic E-state index is 12.9. The number of hydrogen-bond acceptors (Lipinski definition) is 4. The Hall–Kier alpha value is -2.96. The molecule has 0 aliphatic rings. The van der Waals surface area contributed by atoms with E-state index in [0.29, 0.717) is 21.5 Å². The summed E-state index contributed by atoms with van der Waals surface area (Å²) in [6, 6.07) is 22.3. The van der Waals surface area contributed by atoms with E-state index in [1.54, 1.807) is 59.5 Å². The Labute approximate surface area is 195 Å². The van der Waals surface area contributed by atoms with Crippen molar-refractivity contribution in [1.29, 1.82) is 0 Å². The summed E-state index contributed by atoms with van der Waals surface area (Å²) in [4.78, 5) is 30.7. The van der Waals surface area contributed by atoms with Crippen LogP contribution in [0.3, 0.4) is 0 Å². The van der Waals surface area contributed by atoms with Gasteiger partial charge in [-0.15, -0.1) is 0 Å². The van der Waals surface area contributed by atoms with Crippen LogP contribution in [-0.2, 0) is 13.0 Å². The van der Waals surface area contributed by atoms with E-state index in [0.717, 1.165) is 28.9 Å². The molecule has 0 unspecified atom stereocenters. The van der Waals surface area contributed by atoms with E-state index in [-0.39, 0.29) is 11.7 Å². The molecule has 162 valence electrons. The van der Waals surface area contributed by atoms with Gasteiger partial charge in [0, 0.05) is 29.0 Å². The fourth-order valence-corrected chi connectivity index (χ4v) is 4.98. The number of hydrogen-bond donors (Lipinski definition) is 0. The molecule has 1 aromatic heterocycles. The average molecular weight is 461 g/mol. The lowest BCUT2D eigenvalue weighted by Gasteiger charge is -2.05. The molecule has 32 heavy (non-hydrogen) atoms. The van der Waals surface area contributed by atoms with Crippen molar-refractivity contribution >= 4 is 45.0 Å². The highest BCUT2D eigenvalue weighted by Crippen LogP contribution is 2.20. The first-order valence-corrected chi connectivity index (χ1v) is 12.7. The normalized spacial score (nSPS) is 11.8. The van der Waals surface area contributed by atoms with Crippen molar-refractivity contribution in [2.24, 2.45) is 4.99 Å². The molecule has 4 aromatic rings. The zero-order chi connectivity index (χ0) is 22.5. The maximum absolute atomic E-state index is 12.9. The Morgan fingerprint density at radius 3 is 2.31 bits per heavy atom. The summed E-state index contributed by atoms with van der Waals surface area (Å²) in [5.41, 5.74) is 4.03. The fourth-order valence-electron chi connectivity index (χ4n) is 3.49. The second-order valence-corrected chi connectivity index (χ2v) is 9.37. The van der Waals surface area contributed by atoms with Crippen LogP contribution in [0.5, 0.6) is 0 Å². The first-order valence-electron chi connectivity index (χ1n) is 10.5. The number of carbonyl (C=O) groups is 2. The molecule has 4 nitrogen and oxygen atoms in total. The van der Waals surface area contributed by atoms with Crippen molar-refractivity contribution in [3.8, 4) is 0 Å². The van der Waals surface area contributed by atoms with Gasteiger partial charge in [0.05, 0.1) is 10.2 Å². The topological polar surface area (TPSA) is 51.4 Å². The van der Waals surface area contributed by atoms with Crippen LogP contribution in [-0.4, -0.2) is 28.3 Å². The minimum absolute atomic E-state index is 0.0623. The van der Waals surface area contributed by atoms with Crippen LogP contribution >= 0.6 is 23.1 Å². The second kappa shape index (κ2) is 10.1. The third kappa shape index (κ3) is 4.76. The third-order valence-electron chi connectivity index (χ3n) is 5.30. The van der Waals surface area contributed by atoms with E-state index >= 15 is 0 Å². The number of carbonyl (C=O) groups excluding carboxylic acids is 2. The van der Waals surface area contributed by atoms with Gasteiger partial charge >= 0.3 is 0 Å². The number of fused-ring (bicyclic) bond motifs is 1. The maximum Gasteiger partial charge on any atom is 0.279 e. The standard InChI is InChI=1S/C26H24N2O2S2/c1-3-18-9-14-22-23(17-18)32-26(28(22)15-16-31-2)27-25(30)21-12-10-20(11-13-21)24(29)19-7-5-4-6-8-19/h4-14,17H,3,15-16H2,1-2H3. The number of nitrogens with zero attached hydrogens (tertiary/aromatic N) is 2. The van der Waals surface area contributed by atoms with Crippen molar-refractivity contribution < 1.29 is 9.59 Å². The molecule has 1 heterocycles. The molecule has 4 rings (SSSR count). The minimum Gasteiger partial charge on any atom is -0.316 e. The Balaban J connectivity index is 1.66. The van der Waals surface area contributed by atoms with Crippen molar-refractivity contribution in [3.05, 3.63) is 99.9 Å². The van der Waals surface area contributed by atoms with Crippen LogP contribution in [0.1, 0.15) is 38.8 Å². The molecule has 0 spiro atoms. The zero-order valence-electron chi connectivity index (χ0n) is 18.1. The predicted molar refractivity (Wildman–Crippen MR) is 134 cm³/mol. The number of aryl methyl sites for hydroxylation is 2. The van der Waals surface area contributed by atoms with Gasteiger partial charge in [-0.3, -0.25) is 9.59 Å². The largest absolute Gasteiger partial charge is 0.316 e. The first kappa shape index (κ1) is 22.2. The lowest BCUT2D eigenvalue weighted by molar-refractivity contribution is 0.0994. The van der Waals surface area contributed by atoms with Gasteiger partial charge in [0.1, 0.15) is 0 Å². The van der Waals surface area contributed by atoms with Crippen LogP contribution < -0.4 is 4.80 Å². The molecule has 0 atom stereocenters. The quantitative estimate of drug-likeness (QED) is 0.337. The fraction of sp³-hybridized carbons (Fsp3) is 0.192. The highest BCUT2D eigenvalue weighted by molar-refractivity contribution is 7.98. The number of thioether (sulfide) groups is 1. The van der Waals surface area contributed by atoms with Gasteiger partial charge in [0.15, 0.2) is 10.6 Å². The van der Waals surface area contributed by atoms with E-state index in [2.05, 4.69) is 40.9 Å². The van der Waals surface area contributed by atoms with Crippen LogP contribution in [0.2, 0.25) is 0 Å². The highest BCUT2D eigenvalue weighted by atomic mass is 32.2. The van der Waals surface area contributed by atoms with Gasteiger partial charge in [0.25, 0.3) is 5.91 Å². The number of rotatable bonds is 7. The summed E-state index contributed by atoms with van der Waals surface area (Å²) in [5, 5.41) is 0. The summed E-state index contributed by atoms with van der Waals surface area (Å²) in [7, 11) is 0. The van der Waals surface area contributed by atoms with Crippen molar-refractivity contribution in [2.45, 2.75) is 19.9 Å². The highest BCUT2D eigenvalue weighted by Gasteiger charge is 2.12. The van der Waals surface area contributed by atoms with Crippen LogP contribution in [0.4, 0.5) is 0 Å². The molecule has 0 radical (unpaired) electrons. The number of benzene rings is 3. The number of amides is 1. The molecule has 0 N–H and O–H groups in total. The predicted octanol–water partition coefficient (Wildman–Crippen LogP) is 5.60. The average Bonchev–Trinajstić information content (AvgIpc) is 3.18. The van der Waals surface area contributed by atoms with Gasteiger partial charge in [0.2, 0.25) is 0 Å². The monoisotopic (exact) mass is 460 g/mol.